The largest absolute Gasteiger partial charge is 0.367 e. The lowest BCUT2D eigenvalue weighted by atomic mass is 10.1. The van der Waals surface area contributed by atoms with E-state index in [-0.39, 0.29) is 5.78 Å². The molecule has 0 amide bonds. The normalized spacial score (nSPS) is 12.9. The van der Waals surface area contributed by atoms with Crippen molar-refractivity contribution in [2.75, 3.05) is 11.4 Å². The predicted octanol–water partition coefficient (Wildman–Crippen LogP) is 2.72. The van der Waals surface area contributed by atoms with E-state index in [1.54, 1.807) is 13.1 Å². The standard InChI is InChI=1S/C17H15N3O/c1-12(21)14-2-3-17-15(9-14)5-7-20(17)11-13-4-6-19-16(8-13)10-18/h2-4,6,8-9H,5,7,11H2,1H3. The highest BCUT2D eigenvalue weighted by molar-refractivity contribution is 5.94. The van der Waals surface area contributed by atoms with Gasteiger partial charge in [-0.2, -0.15) is 5.26 Å². The Morgan fingerprint density at radius 1 is 1.38 bits per heavy atom. The first-order valence-corrected chi connectivity index (χ1v) is 6.91. The van der Waals surface area contributed by atoms with Crippen LogP contribution in [0.2, 0.25) is 0 Å². The van der Waals surface area contributed by atoms with Gasteiger partial charge in [0.15, 0.2) is 5.78 Å². The van der Waals surface area contributed by atoms with E-state index in [1.807, 2.05) is 30.3 Å². The third-order valence-electron chi connectivity index (χ3n) is 3.79. The topological polar surface area (TPSA) is 57.0 Å². The second kappa shape index (κ2) is 5.37. The number of pyridine rings is 1. The van der Waals surface area contributed by atoms with E-state index < -0.39 is 0 Å². The fraction of sp³-hybridized carbons (Fsp3) is 0.235. The fourth-order valence-corrected chi connectivity index (χ4v) is 2.71. The van der Waals surface area contributed by atoms with Gasteiger partial charge in [0.1, 0.15) is 11.8 Å². The van der Waals surface area contributed by atoms with Crippen LogP contribution in [0.1, 0.15) is 34.1 Å². The minimum Gasteiger partial charge on any atom is -0.367 e. The highest BCUT2D eigenvalue weighted by atomic mass is 16.1. The summed E-state index contributed by atoms with van der Waals surface area (Å²) in [5.74, 6) is 0.101. The highest BCUT2D eigenvalue weighted by Gasteiger charge is 2.20. The molecule has 4 heteroatoms. The van der Waals surface area contributed by atoms with Crippen molar-refractivity contribution in [3.05, 3.63) is 58.9 Å². The monoisotopic (exact) mass is 277 g/mol. The number of nitriles is 1. The van der Waals surface area contributed by atoms with Crippen LogP contribution in [0.5, 0.6) is 0 Å². The Hall–Kier alpha value is -2.67. The van der Waals surface area contributed by atoms with E-state index >= 15 is 0 Å². The molecule has 0 atom stereocenters. The lowest BCUT2D eigenvalue weighted by molar-refractivity contribution is 0.101. The van der Waals surface area contributed by atoms with Crippen LogP contribution in [-0.2, 0) is 13.0 Å². The molecule has 0 unspecified atom stereocenters. The molecule has 4 nitrogen and oxygen atoms in total. The molecule has 104 valence electrons. The molecule has 1 aliphatic rings. The Morgan fingerprint density at radius 2 is 2.24 bits per heavy atom. The fourth-order valence-electron chi connectivity index (χ4n) is 2.71. The number of hydrogen-bond acceptors (Lipinski definition) is 4. The van der Waals surface area contributed by atoms with Gasteiger partial charge in [-0.05, 0) is 54.8 Å². The molecule has 0 saturated heterocycles. The maximum absolute atomic E-state index is 11.4. The van der Waals surface area contributed by atoms with E-state index in [4.69, 9.17) is 5.26 Å². The van der Waals surface area contributed by atoms with Gasteiger partial charge < -0.3 is 4.90 Å². The van der Waals surface area contributed by atoms with Crippen molar-refractivity contribution in [2.24, 2.45) is 0 Å². The zero-order valence-corrected chi connectivity index (χ0v) is 11.8. The van der Waals surface area contributed by atoms with Crippen molar-refractivity contribution < 1.29 is 4.79 Å². The zero-order valence-electron chi connectivity index (χ0n) is 11.8. The van der Waals surface area contributed by atoms with Crippen LogP contribution >= 0.6 is 0 Å². The highest BCUT2D eigenvalue weighted by Crippen LogP contribution is 2.30. The molecular weight excluding hydrogens is 262 g/mol. The number of fused-ring (bicyclic) bond motifs is 1. The molecule has 1 aliphatic heterocycles. The Morgan fingerprint density at radius 3 is 3.00 bits per heavy atom. The van der Waals surface area contributed by atoms with Crippen molar-refractivity contribution in [3.63, 3.8) is 0 Å². The molecule has 1 aromatic heterocycles. The van der Waals surface area contributed by atoms with Gasteiger partial charge in [-0.15, -0.1) is 0 Å². The number of carbonyl (C=O) groups excluding carboxylic acids is 1. The molecular formula is C17H15N3O. The molecule has 2 heterocycles. The van der Waals surface area contributed by atoms with Crippen LogP contribution in [0, 0.1) is 11.3 Å². The Bertz CT molecular complexity index is 746. The second-order valence-electron chi connectivity index (χ2n) is 5.23. The van der Waals surface area contributed by atoms with E-state index in [2.05, 4.69) is 16.0 Å². The number of hydrogen-bond donors (Lipinski definition) is 0. The number of ketones is 1. The molecule has 0 saturated carbocycles. The minimum atomic E-state index is 0.101. The van der Waals surface area contributed by atoms with Gasteiger partial charge in [-0.3, -0.25) is 4.79 Å². The summed E-state index contributed by atoms with van der Waals surface area (Å²) in [7, 11) is 0. The lowest BCUT2D eigenvalue weighted by Gasteiger charge is -2.19. The number of benzene rings is 1. The summed E-state index contributed by atoms with van der Waals surface area (Å²) < 4.78 is 0. The quantitative estimate of drug-likeness (QED) is 0.809. The van der Waals surface area contributed by atoms with E-state index in [0.29, 0.717) is 5.69 Å². The number of Topliss-reactive ketones (excluding diaryl/α,β-unsaturated/α-hetero) is 1. The first-order chi connectivity index (χ1) is 10.2. The van der Waals surface area contributed by atoms with Crippen molar-refractivity contribution >= 4 is 11.5 Å². The maximum atomic E-state index is 11.4. The minimum absolute atomic E-state index is 0.101. The van der Waals surface area contributed by atoms with Gasteiger partial charge in [0.2, 0.25) is 0 Å². The third-order valence-corrected chi connectivity index (χ3v) is 3.79. The van der Waals surface area contributed by atoms with Gasteiger partial charge in [-0.1, -0.05) is 0 Å². The van der Waals surface area contributed by atoms with Gasteiger partial charge in [0.25, 0.3) is 0 Å². The summed E-state index contributed by atoms with van der Waals surface area (Å²) >= 11 is 0. The van der Waals surface area contributed by atoms with Crippen LogP contribution in [0.15, 0.2) is 36.5 Å². The first kappa shape index (κ1) is 13.3. The summed E-state index contributed by atoms with van der Waals surface area (Å²) in [6, 6.07) is 11.7. The zero-order chi connectivity index (χ0) is 14.8. The number of rotatable bonds is 3. The van der Waals surface area contributed by atoms with Crippen molar-refractivity contribution in [1.82, 2.24) is 4.98 Å². The first-order valence-electron chi connectivity index (χ1n) is 6.91. The van der Waals surface area contributed by atoms with Gasteiger partial charge in [0, 0.05) is 30.5 Å². The SMILES string of the molecule is CC(=O)c1ccc2c(c1)CCN2Cc1ccnc(C#N)c1. The average Bonchev–Trinajstić information content (AvgIpc) is 2.90. The molecule has 1 aromatic carbocycles. The average molecular weight is 277 g/mol. The van der Waals surface area contributed by atoms with Crippen LogP contribution < -0.4 is 4.90 Å². The van der Waals surface area contributed by atoms with E-state index in [1.165, 1.54) is 11.3 Å². The van der Waals surface area contributed by atoms with Gasteiger partial charge in [-0.25, -0.2) is 4.98 Å². The summed E-state index contributed by atoms with van der Waals surface area (Å²) in [6.07, 6.45) is 2.62. The lowest BCUT2D eigenvalue weighted by Crippen LogP contribution is -2.19. The Balaban J connectivity index is 1.84. The Kier molecular flexibility index (Phi) is 3.41. The molecule has 0 bridgehead atoms. The summed E-state index contributed by atoms with van der Waals surface area (Å²) in [5, 5.41) is 8.91. The van der Waals surface area contributed by atoms with Crippen molar-refractivity contribution in [1.29, 1.82) is 5.26 Å². The van der Waals surface area contributed by atoms with Crippen LogP contribution in [0.3, 0.4) is 0 Å². The van der Waals surface area contributed by atoms with Crippen molar-refractivity contribution in [2.45, 2.75) is 19.9 Å². The van der Waals surface area contributed by atoms with E-state index in [9.17, 15) is 4.79 Å². The molecule has 0 fully saturated rings. The van der Waals surface area contributed by atoms with Gasteiger partial charge in [0.05, 0.1) is 0 Å². The van der Waals surface area contributed by atoms with Crippen LogP contribution in [-0.4, -0.2) is 17.3 Å². The number of nitrogens with zero attached hydrogens (tertiary/aromatic N) is 3. The summed E-state index contributed by atoms with van der Waals surface area (Å²) in [4.78, 5) is 17.7. The van der Waals surface area contributed by atoms with Crippen molar-refractivity contribution in [3.8, 4) is 6.07 Å². The Labute approximate surface area is 123 Å². The predicted molar refractivity (Wildman–Crippen MR) is 80.2 cm³/mol. The summed E-state index contributed by atoms with van der Waals surface area (Å²) in [6.45, 7) is 3.28. The number of anilines is 1. The molecule has 2 aromatic rings. The van der Waals surface area contributed by atoms with E-state index in [0.717, 1.165) is 30.6 Å². The third kappa shape index (κ3) is 2.63. The smallest absolute Gasteiger partial charge is 0.159 e. The molecule has 21 heavy (non-hydrogen) atoms. The van der Waals surface area contributed by atoms with Gasteiger partial charge >= 0.3 is 0 Å². The van der Waals surface area contributed by atoms with Crippen LogP contribution in [0.4, 0.5) is 5.69 Å². The molecule has 0 radical (unpaired) electrons. The second-order valence-corrected chi connectivity index (χ2v) is 5.23. The molecule has 0 N–H and O–H groups in total. The summed E-state index contributed by atoms with van der Waals surface area (Å²) in [5.41, 5.74) is 4.68. The molecule has 0 aliphatic carbocycles. The molecule has 3 rings (SSSR count). The maximum Gasteiger partial charge on any atom is 0.159 e. The number of carbonyl (C=O) groups is 1. The molecule has 0 spiro atoms. The van der Waals surface area contributed by atoms with Crippen LogP contribution in [0.25, 0.3) is 0 Å². The number of aromatic nitrogens is 1.